The van der Waals surface area contributed by atoms with Crippen molar-refractivity contribution in [3.05, 3.63) is 29.3 Å². The van der Waals surface area contributed by atoms with Crippen LogP contribution in [0.4, 0.5) is 0 Å². The Morgan fingerprint density at radius 2 is 1.93 bits per heavy atom. The highest BCUT2D eigenvalue weighted by molar-refractivity contribution is 5.84. The van der Waals surface area contributed by atoms with Crippen LogP contribution in [-0.2, 0) is 16.1 Å². The lowest BCUT2D eigenvalue weighted by Crippen LogP contribution is -2.47. The predicted octanol–water partition coefficient (Wildman–Crippen LogP) is 2.24. The van der Waals surface area contributed by atoms with Gasteiger partial charge in [-0.15, -0.1) is 0 Å². The maximum Gasteiger partial charge on any atom is 0.227 e. The molecule has 158 valence electrons. The Bertz CT molecular complexity index is 645. The van der Waals surface area contributed by atoms with E-state index in [2.05, 4.69) is 33.1 Å². The number of guanidine groups is 1. The molecule has 0 radical (unpaired) electrons. The van der Waals surface area contributed by atoms with Crippen molar-refractivity contribution >= 4 is 11.9 Å². The number of carbonyl (C=O) groups excluding carboxylic acids is 1. The molecule has 0 spiro atoms. The number of benzene rings is 1. The summed E-state index contributed by atoms with van der Waals surface area (Å²) in [6, 6.07) is 6.16. The number of amides is 1. The number of aryl methyl sites for hydroxylation is 1. The number of hydrogen-bond acceptors (Lipinski definition) is 4. The van der Waals surface area contributed by atoms with Gasteiger partial charge in [-0.2, -0.15) is 0 Å². The van der Waals surface area contributed by atoms with E-state index in [-0.39, 0.29) is 5.91 Å². The molecule has 0 bridgehead atoms. The summed E-state index contributed by atoms with van der Waals surface area (Å²) in [6.45, 7) is 10.7. The van der Waals surface area contributed by atoms with Gasteiger partial charge in [-0.05, 0) is 39.3 Å². The minimum atomic E-state index is -0.535. The van der Waals surface area contributed by atoms with Crippen LogP contribution in [0.15, 0.2) is 23.2 Å². The molecular formula is C21H36N4O3. The van der Waals surface area contributed by atoms with Gasteiger partial charge in [0.05, 0.1) is 12.0 Å². The molecule has 28 heavy (non-hydrogen) atoms. The fourth-order valence-corrected chi connectivity index (χ4v) is 2.51. The Morgan fingerprint density at radius 1 is 1.18 bits per heavy atom. The minimum Gasteiger partial charge on any atom is -0.493 e. The predicted molar refractivity (Wildman–Crippen MR) is 114 cm³/mol. The summed E-state index contributed by atoms with van der Waals surface area (Å²) in [5.41, 5.74) is 1.67. The van der Waals surface area contributed by atoms with Gasteiger partial charge >= 0.3 is 0 Å². The topological polar surface area (TPSA) is 84.0 Å². The molecule has 0 aliphatic carbocycles. The summed E-state index contributed by atoms with van der Waals surface area (Å²) in [5.74, 6) is 1.52. The molecule has 0 aromatic heterocycles. The highest BCUT2D eigenvalue weighted by atomic mass is 16.5. The molecule has 0 unspecified atom stereocenters. The largest absolute Gasteiger partial charge is 0.493 e. The first-order valence-corrected chi connectivity index (χ1v) is 9.78. The molecule has 1 aromatic carbocycles. The van der Waals surface area contributed by atoms with Crippen LogP contribution in [0.3, 0.4) is 0 Å². The van der Waals surface area contributed by atoms with Crippen LogP contribution in [0.5, 0.6) is 5.75 Å². The van der Waals surface area contributed by atoms with Gasteiger partial charge in [0.1, 0.15) is 5.75 Å². The van der Waals surface area contributed by atoms with E-state index >= 15 is 0 Å². The summed E-state index contributed by atoms with van der Waals surface area (Å²) in [4.78, 5) is 16.4. The van der Waals surface area contributed by atoms with E-state index in [4.69, 9.17) is 9.47 Å². The molecule has 3 N–H and O–H groups in total. The molecule has 0 aliphatic rings. The van der Waals surface area contributed by atoms with Gasteiger partial charge in [0, 0.05) is 52.4 Å². The molecule has 1 amide bonds. The number of rotatable bonds is 11. The first-order chi connectivity index (χ1) is 13.3. The number of methoxy groups -OCH3 is 1. The van der Waals surface area contributed by atoms with E-state index in [9.17, 15) is 4.79 Å². The van der Waals surface area contributed by atoms with Crippen molar-refractivity contribution in [2.45, 2.75) is 40.7 Å². The zero-order chi connectivity index (χ0) is 21.0. The summed E-state index contributed by atoms with van der Waals surface area (Å²) in [6.07, 6.45) is 0.843. The standard InChI is InChI=1S/C21H36N4O3/c1-7-23-19(26)21(3,4)15-25-20(22-5)24-14-17-10-9-16(2)13-18(17)28-12-8-11-27-6/h9-10,13H,7-8,11-12,14-15H2,1-6H3,(H,23,26)(H2,22,24,25). The second-order valence-corrected chi connectivity index (χ2v) is 7.33. The maximum atomic E-state index is 12.1. The molecule has 1 aromatic rings. The zero-order valence-corrected chi connectivity index (χ0v) is 18.1. The Labute approximate surface area is 169 Å². The highest BCUT2D eigenvalue weighted by Crippen LogP contribution is 2.20. The number of aliphatic imine (C=N–C) groups is 1. The maximum absolute atomic E-state index is 12.1. The first-order valence-electron chi connectivity index (χ1n) is 9.78. The van der Waals surface area contributed by atoms with Crippen molar-refractivity contribution < 1.29 is 14.3 Å². The molecule has 7 heteroatoms. The number of carbonyl (C=O) groups is 1. The van der Waals surface area contributed by atoms with Crippen LogP contribution in [0.1, 0.15) is 38.3 Å². The van der Waals surface area contributed by atoms with Gasteiger partial charge in [0.15, 0.2) is 5.96 Å². The molecular weight excluding hydrogens is 356 g/mol. The lowest BCUT2D eigenvalue weighted by molar-refractivity contribution is -0.128. The van der Waals surface area contributed by atoms with Crippen molar-refractivity contribution in [3.63, 3.8) is 0 Å². The zero-order valence-electron chi connectivity index (χ0n) is 18.1. The lowest BCUT2D eigenvalue weighted by atomic mass is 9.92. The van der Waals surface area contributed by atoms with Gasteiger partial charge in [-0.3, -0.25) is 9.79 Å². The Balaban J connectivity index is 2.64. The quantitative estimate of drug-likeness (QED) is 0.306. The van der Waals surface area contributed by atoms with Gasteiger partial charge in [0.2, 0.25) is 5.91 Å². The number of ether oxygens (including phenoxy) is 2. The van der Waals surface area contributed by atoms with Gasteiger partial charge in [0.25, 0.3) is 0 Å². The second kappa shape index (κ2) is 12.2. The third-order valence-corrected chi connectivity index (χ3v) is 4.29. The van der Waals surface area contributed by atoms with Crippen LogP contribution in [0.2, 0.25) is 0 Å². The third-order valence-electron chi connectivity index (χ3n) is 4.29. The molecule has 0 fully saturated rings. The fourth-order valence-electron chi connectivity index (χ4n) is 2.51. The average molecular weight is 393 g/mol. The van der Waals surface area contributed by atoms with Crippen LogP contribution in [-0.4, -0.2) is 52.3 Å². The molecule has 0 atom stereocenters. The summed E-state index contributed by atoms with van der Waals surface area (Å²) in [5, 5.41) is 9.39. The Kier molecular flexibility index (Phi) is 10.4. The molecule has 0 heterocycles. The minimum absolute atomic E-state index is 0.0169. The van der Waals surface area contributed by atoms with E-state index in [0.717, 1.165) is 23.3 Å². The van der Waals surface area contributed by atoms with Crippen LogP contribution < -0.4 is 20.7 Å². The SMILES string of the molecule is CCNC(=O)C(C)(C)CNC(=NC)NCc1ccc(C)cc1OCCCOC. The summed E-state index contributed by atoms with van der Waals surface area (Å²) < 4.78 is 11.0. The van der Waals surface area contributed by atoms with Crippen LogP contribution in [0, 0.1) is 12.3 Å². The smallest absolute Gasteiger partial charge is 0.227 e. The van der Waals surface area contributed by atoms with E-state index in [0.29, 0.717) is 38.8 Å². The molecule has 0 aliphatic heterocycles. The van der Waals surface area contributed by atoms with Crippen molar-refractivity contribution in [1.82, 2.24) is 16.0 Å². The average Bonchev–Trinajstić information content (AvgIpc) is 2.66. The van der Waals surface area contributed by atoms with E-state index in [1.165, 1.54) is 0 Å². The summed E-state index contributed by atoms with van der Waals surface area (Å²) >= 11 is 0. The first kappa shape index (κ1) is 23.8. The number of nitrogens with zero attached hydrogens (tertiary/aromatic N) is 1. The van der Waals surface area contributed by atoms with E-state index in [1.54, 1.807) is 14.2 Å². The van der Waals surface area contributed by atoms with Crippen LogP contribution >= 0.6 is 0 Å². The van der Waals surface area contributed by atoms with Crippen LogP contribution in [0.25, 0.3) is 0 Å². The molecule has 1 rings (SSSR count). The third kappa shape index (κ3) is 8.17. The van der Waals surface area contributed by atoms with Crippen molar-refractivity contribution in [1.29, 1.82) is 0 Å². The number of nitrogens with one attached hydrogen (secondary N) is 3. The normalized spacial score (nSPS) is 11.9. The number of hydrogen-bond donors (Lipinski definition) is 3. The van der Waals surface area contributed by atoms with E-state index in [1.807, 2.05) is 33.8 Å². The van der Waals surface area contributed by atoms with Crippen molar-refractivity contribution in [3.8, 4) is 5.75 Å². The molecule has 0 saturated carbocycles. The van der Waals surface area contributed by atoms with Gasteiger partial charge in [-0.1, -0.05) is 12.1 Å². The second-order valence-electron chi connectivity index (χ2n) is 7.33. The van der Waals surface area contributed by atoms with Crippen molar-refractivity contribution in [2.75, 3.05) is 40.5 Å². The van der Waals surface area contributed by atoms with Gasteiger partial charge in [-0.25, -0.2) is 0 Å². The molecule has 7 nitrogen and oxygen atoms in total. The van der Waals surface area contributed by atoms with Gasteiger partial charge < -0.3 is 25.4 Å². The van der Waals surface area contributed by atoms with Crippen molar-refractivity contribution in [2.24, 2.45) is 10.4 Å². The summed E-state index contributed by atoms with van der Waals surface area (Å²) in [7, 11) is 3.40. The lowest BCUT2D eigenvalue weighted by Gasteiger charge is -2.25. The Morgan fingerprint density at radius 3 is 2.57 bits per heavy atom. The highest BCUT2D eigenvalue weighted by Gasteiger charge is 2.27. The monoisotopic (exact) mass is 392 g/mol. The fraction of sp³-hybridized carbons (Fsp3) is 0.619. The Hall–Kier alpha value is -2.28. The molecule has 0 saturated heterocycles. The van der Waals surface area contributed by atoms with E-state index < -0.39 is 5.41 Å².